The van der Waals surface area contributed by atoms with Crippen LogP contribution in [0.5, 0.6) is 0 Å². The van der Waals surface area contributed by atoms with Crippen molar-refractivity contribution in [2.24, 2.45) is 15.0 Å². The van der Waals surface area contributed by atoms with Crippen molar-refractivity contribution in [2.75, 3.05) is 46.3 Å². The van der Waals surface area contributed by atoms with Gasteiger partial charge in [0.25, 0.3) is 0 Å². The van der Waals surface area contributed by atoms with Crippen LogP contribution in [0.25, 0.3) is 0 Å². The lowest BCUT2D eigenvalue weighted by atomic mass is 10.0. The highest BCUT2D eigenvalue weighted by molar-refractivity contribution is 5.74. The van der Waals surface area contributed by atoms with Gasteiger partial charge in [-0.25, -0.2) is 9.98 Å². The van der Waals surface area contributed by atoms with Gasteiger partial charge in [0.1, 0.15) is 13.1 Å². The molecule has 2 atom stereocenters. The Morgan fingerprint density at radius 3 is 0.859 bits per heavy atom. The van der Waals surface area contributed by atoms with Gasteiger partial charge in [-0.15, -0.1) is 0 Å². The molecule has 0 aromatic rings. The molecule has 0 amide bonds. The monoisotopic (exact) mass is 922 g/mol. The average molecular weight is 923 g/mol. The third-order valence-electron chi connectivity index (χ3n) is 13.9. The number of nitrogens with one attached hydrogen (secondary N) is 2. The van der Waals surface area contributed by atoms with Crippen LogP contribution >= 0.6 is 0 Å². The van der Waals surface area contributed by atoms with E-state index in [-0.39, 0.29) is 18.3 Å². The first kappa shape index (κ1) is 65.1. The summed E-state index contributed by atoms with van der Waals surface area (Å²) in [6.45, 7) is 18.5. The van der Waals surface area contributed by atoms with Crippen LogP contribution < -0.4 is 27.3 Å². The Morgan fingerprint density at radius 2 is 0.625 bits per heavy atom. The minimum absolute atomic E-state index is 0. The number of likely N-dealkylation sites (N-methyl/N-ethyl adjacent to an activating group) is 2. The average Bonchev–Trinajstić information content (AvgIpc) is 3.98. The first-order valence-corrected chi connectivity index (χ1v) is 29.0. The topological polar surface area (TPSA) is 69.0 Å². The molecule has 0 radical (unpaired) electrons. The second kappa shape index (κ2) is 54.6. The lowest BCUT2D eigenvalue weighted by molar-refractivity contribution is -0.797. The van der Waals surface area contributed by atoms with Crippen LogP contribution in [0.2, 0.25) is 0 Å². The minimum Gasteiger partial charge on any atom is -1.00 e. The number of nitrogens with zero attached hydrogens (tertiary/aromatic N) is 3. The fourth-order valence-electron chi connectivity index (χ4n) is 9.46. The summed E-state index contributed by atoms with van der Waals surface area (Å²) in [6, 6.07) is 0. The highest BCUT2D eigenvalue weighted by Gasteiger charge is 2.20. The zero-order valence-corrected chi connectivity index (χ0v) is 45.3. The maximum absolute atomic E-state index is 10.9. The highest BCUT2D eigenvalue weighted by Crippen LogP contribution is 2.16. The van der Waals surface area contributed by atoms with E-state index < -0.39 is 0 Å². The van der Waals surface area contributed by atoms with Gasteiger partial charge in [0.05, 0.1) is 26.2 Å². The normalized spacial score (nSPS) is 15.9. The predicted octanol–water partition coefficient (Wildman–Crippen LogP) is 11.4. The Bertz CT molecular complexity index is 946. The lowest BCUT2D eigenvalue weighted by Crippen LogP contribution is -3.13. The van der Waals surface area contributed by atoms with E-state index >= 15 is 0 Å². The molecule has 0 aromatic heterocycles. The Hall–Kier alpha value is -0.980. The molecule has 0 saturated heterocycles. The largest absolute Gasteiger partial charge is 1.00 e. The van der Waals surface area contributed by atoms with Crippen molar-refractivity contribution in [3.63, 3.8) is 0 Å². The maximum Gasteiger partial charge on any atom is 0.196 e. The van der Waals surface area contributed by atoms with Crippen LogP contribution in [-0.2, 0) is 0 Å². The van der Waals surface area contributed by atoms with Gasteiger partial charge in [-0.1, -0.05) is 252 Å². The van der Waals surface area contributed by atoms with Crippen LogP contribution in [0.1, 0.15) is 304 Å². The zero-order chi connectivity index (χ0) is 45.9. The van der Waals surface area contributed by atoms with Gasteiger partial charge >= 0.3 is 0 Å². The fourth-order valence-corrected chi connectivity index (χ4v) is 9.46. The summed E-state index contributed by atoms with van der Waals surface area (Å²) in [7, 11) is 1.59. The van der Waals surface area contributed by atoms with Crippen molar-refractivity contribution < 1.29 is 27.3 Å². The molecule has 0 spiro atoms. The quantitative estimate of drug-likeness (QED) is 0.0357. The number of hydrogen-bond donors (Lipinski definition) is 2. The summed E-state index contributed by atoms with van der Waals surface area (Å²) in [5.74, 6) is 2.99. The van der Waals surface area contributed by atoms with E-state index in [0.29, 0.717) is 6.42 Å². The smallest absolute Gasteiger partial charge is 0.196 e. The van der Waals surface area contributed by atoms with Gasteiger partial charge in [0.15, 0.2) is 11.7 Å². The summed E-state index contributed by atoms with van der Waals surface area (Å²) < 4.78 is 0. The van der Waals surface area contributed by atoms with E-state index in [2.05, 4.69) is 49.6 Å². The van der Waals surface area contributed by atoms with Crippen molar-refractivity contribution in [1.82, 2.24) is 0 Å². The molecule has 0 bridgehead atoms. The Kier molecular flexibility index (Phi) is 55.6. The van der Waals surface area contributed by atoms with Crippen molar-refractivity contribution >= 4 is 17.6 Å². The van der Waals surface area contributed by atoms with E-state index in [4.69, 9.17) is 0 Å². The molecule has 0 saturated carbocycles. The molecule has 6 nitrogen and oxygen atoms in total. The van der Waals surface area contributed by atoms with Gasteiger partial charge < -0.3 is 22.5 Å². The molecule has 64 heavy (non-hydrogen) atoms. The van der Waals surface area contributed by atoms with Crippen molar-refractivity contribution in [1.29, 1.82) is 0 Å². The number of rotatable bonds is 44. The maximum atomic E-state index is 10.9. The highest BCUT2D eigenvalue weighted by atomic mass is 35.5. The second-order valence-electron chi connectivity index (χ2n) is 19.7. The first-order valence-electron chi connectivity index (χ1n) is 29.0. The summed E-state index contributed by atoms with van der Waals surface area (Å²) in [4.78, 5) is 16.2. The van der Waals surface area contributed by atoms with Crippen LogP contribution in [0.15, 0.2) is 15.0 Å². The molecule has 2 unspecified atom stereocenters. The molecule has 2 rings (SSSR count). The summed E-state index contributed by atoms with van der Waals surface area (Å²) in [5.41, 5.74) is 0. The first-order chi connectivity index (χ1) is 31.1. The Morgan fingerprint density at radius 1 is 0.391 bits per heavy atom. The third kappa shape index (κ3) is 44.8. The fraction of sp³-hybridized carbons (Fsp3) is 0.947. The molecule has 0 aliphatic carbocycles. The number of halogens is 1. The molecule has 2 aliphatic heterocycles. The SMILES string of the molecule is CCCCCCCCCCCCCCCC([O-])=NC.CCCCCCCCCCCCCCCC1=NCC[NH+]1CC.CCCCCCCCCCCCCCCC1=NCC[NH+]1CC.[Cl-]. The Balaban J connectivity index is 0. The number of hydrogen-bond acceptors (Lipinski definition) is 4. The number of aliphatic imine (C=N–C) groups is 3. The standard InChI is InChI=1S/2C20H40N2.C17H35NO.ClH/c2*1-3-5-6-7-8-9-10-11-12-13-14-15-16-17-20-21-18-19-22(20)4-2;1-3-4-5-6-7-8-9-10-11-12-13-14-15-16-17(19)18-2;/h2*3-19H2,1-2H3;3-16H2,1-2H3,(H,18,19);1H. The van der Waals surface area contributed by atoms with Crippen molar-refractivity contribution in [2.45, 2.75) is 304 Å². The summed E-state index contributed by atoms with van der Waals surface area (Å²) >= 11 is 0. The second-order valence-corrected chi connectivity index (χ2v) is 19.7. The molecular weight excluding hydrogens is 806 g/mol. The van der Waals surface area contributed by atoms with Gasteiger partial charge in [-0.05, 0) is 45.4 Å². The van der Waals surface area contributed by atoms with Crippen LogP contribution in [0.4, 0.5) is 0 Å². The van der Waals surface area contributed by atoms with Gasteiger partial charge in [0, 0.05) is 19.9 Å². The number of amidine groups is 2. The van der Waals surface area contributed by atoms with Crippen LogP contribution in [-0.4, -0.2) is 63.9 Å². The molecule has 0 aromatic carbocycles. The predicted molar refractivity (Wildman–Crippen MR) is 282 cm³/mol. The summed E-state index contributed by atoms with van der Waals surface area (Å²) in [5, 5.41) is 10.9. The molecule has 2 heterocycles. The molecule has 7 heteroatoms. The number of quaternary nitrogens is 2. The molecular formula is C57H116ClN5O. The number of unbranched alkanes of at least 4 members (excludes halogenated alkanes) is 36. The van der Waals surface area contributed by atoms with Gasteiger partial charge in [-0.2, -0.15) is 0 Å². The van der Waals surface area contributed by atoms with E-state index in [1.54, 1.807) is 16.8 Å². The lowest BCUT2D eigenvalue weighted by Gasteiger charge is -2.11. The van der Waals surface area contributed by atoms with Crippen molar-refractivity contribution in [3.8, 4) is 0 Å². The Labute approximate surface area is 408 Å². The van der Waals surface area contributed by atoms with Crippen molar-refractivity contribution in [3.05, 3.63) is 0 Å². The minimum atomic E-state index is 0. The molecule has 2 N–H and O–H groups in total. The van der Waals surface area contributed by atoms with E-state index in [1.807, 2.05) is 0 Å². The zero-order valence-electron chi connectivity index (χ0n) is 44.6. The summed E-state index contributed by atoms with van der Waals surface area (Å²) in [6.07, 6.45) is 58.1. The third-order valence-corrected chi connectivity index (χ3v) is 13.9. The molecule has 382 valence electrons. The van der Waals surface area contributed by atoms with E-state index in [1.165, 1.54) is 295 Å². The van der Waals surface area contributed by atoms with E-state index in [0.717, 1.165) is 19.5 Å². The van der Waals surface area contributed by atoms with Crippen LogP contribution in [0, 0.1) is 0 Å². The van der Waals surface area contributed by atoms with Gasteiger partial charge in [-0.3, -0.25) is 9.80 Å². The molecule has 0 fully saturated rings. The van der Waals surface area contributed by atoms with Gasteiger partial charge in [0.2, 0.25) is 0 Å². The molecule has 2 aliphatic rings. The van der Waals surface area contributed by atoms with E-state index in [9.17, 15) is 5.11 Å². The van der Waals surface area contributed by atoms with Crippen LogP contribution in [0.3, 0.4) is 0 Å².